The smallest absolute Gasteiger partial charge is 0.115 e. The Labute approximate surface area is 106 Å². The SMILES string of the molecule is CCC(C)(C)C(c1ccc(O)cc1)C(C)(C)C. The molecule has 1 nitrogen and oxygen atoms in total. The van der Waals surface area contributed by atoms with E-state index in [2.05, 4.69) is 53.7 Å². The number of rotatable bonds is 3. The summed E-state index contributed by atoms with van der Waals surface area (Å²) in [7, 11) is 0. The van der Waals surface area contributed by atoms with Crippen molar-refractivity contribution >= 4 is 0 Å². The van der Waals surface area contributed by atoms with Gasteiger partial charge in [-0.05, 0) is 34.4 Å². The van der Waals surface area contributed by atoms with Gasteiger partial charge >= 0.3 is 0 Å². The van der Waals surface area contributed by atoms with Crippen molar-refractivity contribution in [3.8, 4) is 5.75 Å². The first-order valence-electron chi connectivity index (χ1n) is 6.47. The molecule has 0 amide bonds. The molecular weight excluding hydrogens is 208 g/mol. The van der Waals surface area contributed by atoms with Crippen LogP contribution in [0.1, 0.15) is 59.4 Å². The predicted octanol–water partition coefficient (Wildman–Crippen LogP) is 4.96. The van der Waals surface area contributed by atoms with Crippen LogP contribution in [0.4, 0.5) is 0 Å². The van der Waals surface area contributed by atoms with Crippen LogP contribution < -0.4 is 0 Å². The van der Waals surface area contributed by atoms with E-state index in [-0.39, 0.29) is 10.8 Å². The summed E-state index contributed by atoms with van der Waals surface area (Å²) >= 11 is 0. The molecule has 0 radical (unpaired) electrons. The highest BCUT2D eigenvalue weighted by molar-refractivity contribution is 5.30. The summed E-state index contributed by atoms with van der Waals surface area (Å²) < 4.78 is 0. The zero-order chi connectivity index (χ0) is 13.3. The van der Waals surface area contributed by atoms with Crippen molar-refractivity contribution in [3.05, 3.63) is 29.8 Å². The van der Waals surface area contributed by atoms with Gasteiger partial charge in [0.05, 0.1) is 0 Å². The van der Waals surface area contributed by atoms with Crippen molar-refractivity contribution in [2.45, 2.75) is 53.9 Å². The van der Waals surface area contributed by atoms with E-state index in [4.69, 9.17) is 0 Å². The van der Waals surface area contributed by atoms with Crippen LogP contribution in [0.3, 0.4) is 0 Å². The molecule has 0 fully saturated rings. The molecule has 1 N–H and O–H groups in total. The molecule has 1 rings (SSSR count). The Morgan fingerprint density at radius 2 is 1.47 bits per heavy atom. The van der Waals surface area contributed by atoms with Crippen LogP contribution >= 0.6 is 0 Å². The van der Waals surface area contributed by atoms with Crippen molar-refractivity contribution in [3.63, 3.8) is 0 Å². The highest BCUT2D eigenvalue weighted by Crippen LogP contribution is 2.49. The fraction of sp³-hybridized carbons (Fsp3) is 0.625. The van der Waals surface area contributed by atoms with Gasteiger partial charge in [0.2, 0.25) is 0 Å². The average Bonchev–Trinajstić information content (AvgIpc) is 2.19. The van der Waals surface area contributed by atoms with Crippen LogP contribution in [0.15, 0.2) is 24.3 Å². The number of aromatic hydroxyl groups is 1. The van der Waals surface area contributed by atoms with Crippen molar-refractivity contribution in [2.75, 3.05) is 0 Å². The lowest BCUT2D eigenvalue weighted by atomic mass is 9.62. The second kappa shape index (κ2) is 4.72. The summed E-state index contributed by atoms with van der Waals surface area (Å²) in [5.74, 6) is 0.830. The lowest BCUT2D eigenvalue weighted by molar-refractivity contribution is 0.152. The zero-order valence-corrected chi connectivity index (χ0v) is 12.0. The molecule has 1 aromatic carbocycles. The Morgan fingerprint density at radius 1 is 1.00 bits per heavy atom. The highest BCUT2D eigenvalue weighted by Gasteiger charge is 2.37. The molecule has 1 heteroatoms. The van der Waals surface area contributed by atoms with Gasteiger partial charge in [0, 0.05) is 0 Å². The minimum absolute atomic E-state index is 0.219. The molecule has 0 aromatic heterocycles. The van der Waals surface area contributed by atoms with E-state index < -0.39 is 0 Å². The summed E-state index contributed by atoms with van der Waals surface area (Å²) in [6.45, 7) is 13.8. The molecule has 96 valence electrons. The molecular formula is C16H26O. The second-order valence-electron chi connectivity index (χ2n) is 6.73. The van der Waals surface area contributed by atoms with Crippen molar-refractivity contribution < 1.29 is 5.11 Å². The maximum absolute atomic E-state index is 9.40. The Hall–Kier alpha value is -0.980. The van der Waals surface area contributed by atoms with Gasteiger partial charge in [-0.3, -0.25) is 0 Å². The minimum atomic E-state index is 0.219. The van der Waals surface area contributed by atoms with Gasteiger partial charge in [-0.1, -0.05) is 60.1 Å². The van der Waals surface area contributed by atoms with Gasteiger partial charge in [-0.2, -0.15) is 0 Å². The van der Waals surface area contributed by atoms with Crippen molar-refractivity contribution in [2.24, 2.45) is 10.8 Å². The molecule has 0 aliphatic rings. The molecule has 0 heterocycles. The van der Waals surface area contributed by atoms with E-state index in [1.807, 2.05) is 0 Å². The summed E-state index contributed by atoms with van der Waals surface area (Å²) in [6.07, 6.45) is 1.15. The quantitative estimate of drug-likeness (QED) is 0.784. The first kappa shape index (κ1) is 14.1. The Bertz CT molecular complexity index is 354. The summed E-state index contributed by atoms with van der Waals surface area (Å²) in [5.41, 5.74) is 1.80. The van der Waals surface area contributed by atoms with Gasteiger partial charge in [0.15, 0.2) is 0 Å². The normalized spacial score (nSPS) is 14.7. The molecule has 0 saturated carbocycles. The number of hydrogen-bond acceptors (Lipinski definition) is 1. The highest BCUT2D eigenvalue weighted by atomic mass is 16.3. The first-order valence-corrected chi connectivity index (χ1v) is 6.47. The van der Waals surface area contributed by atoms with Crippen LogP contribution in [0.25, 0.3) is 0 Å². The topological polar surface area (TPSA) is 20.2 Å². The monoisotopic (exact) mass is 234 g/mol. The van der Waals surface area contributed by atoms with Gasteiger partial charge in [0.1, 0.15) is 5.75 Å². The molecule has 0 saturated heterocycles. The third-order valence-corrected chi connectivity index (χ3v) is 3.79. The van der Waals surface area contributed by atoms with E-state index >= 15 is 0 Å². The lowest BCUT2D eigenvalue weighted by Gasteiger charge is -2.43. The molecule has 17 heavy (non-hydrogen) atoms. The summed E-state index contributed by atoms with van der Waals surface area (Å²) in [4.78, 5) is 0. The standard InChI is InChI=1S/C16H26O/c1-7-16(5,6)14(15(2,3)4)12-8-10-13(17)11-9-12/h8-11,14,17H,7H2,1-6H3. The van der Waals surface area contributed by atoms with E-state index in [9.17, 15) is 5.11 Å². The molecule has 1 atom stereocenters. The molecule has 1 unspecified atom stereocenters. The van der Waals surface area contributed by atoms with E-state index in [1.54, 1.807) is 12.1 Å². The molecule has 0 bridgehead atoms. The first-order chi connectivity index (χ1) is 7.68. The number of hydrogen-bond donors (Lipinski definition) is 1. The largest absolute Gasteiger partial charge is 0.508 e. The maximum atomic E-state index is 9.40. The van der Waals surface area contributed by atoms with Crippen LogP contribution in [-0.4, -0.2) is 5.11 Å². The van der Waals surface area contributed by atoms with Crippen molar-refractivity contribution in [1.82, 2.24) is 0 Å². The zero-order valence-electron chi connectivity index (χ0n) is 12.0. The molecule has 0 aliphatic heterocycles. The number of phenolic OH excluding ortho intramolecular Hbond substituents is 1. The van der Waals surface area contributed by atoms with E-state index in [0.29, 0.717) is 11.7 Å². The van der Waals surface area contributed by atoms with Crippen molar-refractivity contribution in [1.29, 1.82) is 0 Å². The fourth-order valence-electron chi connectivity index (χ4n) is 2.99. The maximum Gasteiger partial charge on any atom is 0.115 e. The number of benzene rings is 1. The Balaban J connectivity index is 3.21. The van der Waals surface area contributed by atoms with Crippen LogP contribution in [0.2, 0.25) is 0 Å². The van der Waals surface area contributed by atoms with E-state index in [0.717, 1.165) is 6.42 Å². The van der Waals surface area contributed by atoms with Gasteiger partial charge < -0.3 is 5.11 Å². The molecule has 0 aliphatic carbocycles. The minimum Gasteiger partial charge on any atom is -0.508 e. The van der Waals surface area contributed by atoms with Crippen LogP contribution in [0.5, 0.6) is 5.75 Å². The number of phenols is 1. The van der Waals surface area contributed by atoms with Crippen LogP contribution in [-0.2, 0) is 0 Å². The summed E-state index contributed by atoms with van der Waals surface area (Å²) in [5, 5.41) is 9.40. The predicted molar refractivity (Wildman–Crippen MR) is 74.4 cm³/mol. The van der Waals surface area contributed by atoms with E-state index in [1.165, 1.54) is 5.56 Å². The Morgan fingerprint density at radius 3 is 1.82 bits per heavy atom. The van der Waals surface area contributed by atoms with Crippen LogP contribution in [0, 0.1) is 10.8 Å². The third kappa shape index (κ3) is 3.24. The van der Waals surface area contributed by atoms with Gasteiger partial charge in [-0.15, -0.1) is 0 Å². The molecule has 0 spiro atoms. The summed E-state index contributed by atoms with van der Waals surface area (Å²) in [6, 6.07) is 7.70. The molecule has 1 aromatic rings. The fourth-order valence-corrected chi connectivity index (χ4v) is 2.99. The van der Waals surface area contributed by atoms with Gasteiger partial charge in [0.25, 0.3) is 0 Å². The Kier molecular flexibility index (Phi) is 3.91. The van der Waals surface area contributed by atoms with Gasteiger partial charge in [-0.25, -0.2) is 0 Å². The average molecular weight is 234 g/mol. The third-order valence-electron chi connectivity index (χ3n) is 3.79. The lowest BCUT2D eigenvalue weighted by Crippen LogP contribution is -2.32. The second-order valence-corrected chi connectivity index (χ2v) is 6.73.